The highest BCUT2D eigenvalue weighted by molar-refractivity contribution is 5.96. The number of hydrogen-bond acceptors (Lipinski definition) is 3. The van der Waals surface area contributed by atoms with Crippen molar-refractivity contribution in [2.24, 2.45) is 0 Å². The van der Waals surface area contributed by atoms with Gasteiger partial charge in [-0.1, -0.05) is 6.07 Å². The highest BCUT2D eigenvalue weighted by Crippen LogP contribution is 2.19. The SMILES string of the molecule is Cc1c(O)cccc1C(=O)NCCCN(C)C(C)C. The molecule has 0 aromatic heterocycles. The number of amides is 1. The molecule has 0 saturated heterocycles. The van der Waals surface area contributed by atoms with Crippen LogP contribution in [-0.4, -0.2) is 42.1 Å². The van der Waals surface area contributed by atoms with Gasteiger partial charge in [0.1, 0.15) is 5.75 Å². The van der Waals surface area contributed by atoms with Crippen LogP contribution in [0.3, 0.4) is 0 Å². The van der Waals surface area contributed by atoms with Gasteiger partial charge in [-0.3, -0.25) is 4.79 Å². The van der Waals surface area contributed by atoms with E-state index in [0.717, 1.165) is 13.0 Å². The van der Waals surface area contributed by atoms with Crippen molar-refractivity contribution in [1.82, 2.24) is 10.2 Å². The van der Waals surface area contributed by atoms with E-state index in [9.17, 15) is 9.90 Å². The molecule has 0 fully saturated rings. The number of carbonyl (C=O) groups is 1. The molecule has 1 rings (SSSR count). The van der Waals surface area contributed by atoms with E-state index in [-0.39, 0.29) is 11.7 Å². The summed E-state index contributed by atoms with van der Waals surface area (Å²) in [6, 6.07) is 5.52. The summed E-state index contributed by atoms with van der Waals surface area (Å²) in [5.74, 6) is 0.0350. The summed E-state index contributed by atoms with van der Waals surface area (Å²) < 4.78 is 0. The van der Waals surface area contributed by atoms with Crippen molar-refractivity contribution in [3.63, 3.8) is 0 Å². The van der Waals surface area contributed by atoms with E-state index in [1.807, 2.05) is 0 Å². The van der Waals surface area contributed by atoms with Gasteiger partial charge in [-0.2, -0.15) is 0 Å². The number of benzene rings is 1. The average Bonchev–Trinajstić information content (AvgIpc) is 2.37. The lowest BCUT2D eigenvalue weighted by molar-refractivity contribution is 0.0950. The van der Waals surface area contributed by atoms with Gasteiger partial charge < -0.3 is 15.3 Å². The van der Waals surface area contributed by atoms with Gasteiger partial charge >= 0.3 is 0 Å². The van der Waals surface area contributed by atoms with E-state index in [1.54, 1.807) is 25.1 Å². The maximum Gasteiger partial charge on any atom is 0.251 e. The first-order valence-electron chi connectivity index (χ1n) is 6.70. The zero-order chi connectivity index (χ0) is 14.4. The van der Waals surface area contributed by atoms with E-state index in [2.05, 4.69) is 31.1 Å². The Morgan fingerprint density at radius 3 is 2.74 bits per heavy atom. The summed E-state index contributed by atoms with van der Waals surface area (Å²) in [6.07, 6.45) is 0.915. The Balaban J connectivity index is 2.42. The minimum atomic E-state index is -0.124. The zero-order valence-corrected chi connectivity index (χ0v) is 12.2. The van der Waals surface area contributed by atoms with Gasteiger partial charge in [0.25, 0.3) is 5.91 Å². The molecule has 0 heterocycles. The molecule has 2 N–H and O–H groups in total. The number of aromatic hydroxyl groups is 1. The van der Waals surface area contributed by atoms with Crippen LogP contribution in [0.2, 0.25) is 0 Å². The minimum Gasteiger partial charge on any atom is -0.508 e. The van der Waals surface area contributed by atoms with Crippen LogP contribution in [0.5, 0.6) is 5.75 Å². The molecule has 4 heteroatoms. The molecule has 0 unspecified atom stereocenters. The number of nitrogens with zero attached hydrogens (tertiary/aromatic N) is 1. The first-order chi connectivity index (χ1) is 8.93. The molecule has 106 valence electrons. The molecule has 0 aliphatic carbocycles. The minimum absolute atomic E-state index is 0.124. The van der Waals surface area contributed by atoms with Crippen LogP contribution in [0.4, 0.5) is 0 Å². The third-order valence-corrected chi connectivity index (χ3v) is 3.40. The van der Waals surface area contributed by atoms with Crippen LogP contribution in [-0.2, 0) is 0 Å². The largest absolute Gasteiger partial charge is 0.508 e. The van der Waals surface area contributed by atoms with Crippen molar-refractivity contribution in [1.29, 1.82) is 0 Å². The summed E-state index contributed by atoms with van der Waals surface area (Å²) >= 11 is 0. The Morgan fingerprint density at radius 2 is 2.11 bits per heavy atom. The molecular weight excluding hydrogens is 240 g/mol. The lowest BCUT2D eigenvalue weighted by atomic mass is 10.1. The number of phenols is 1. The molecule has 0 spiro atoms. The Morgan fingerprint density at radius 1 is 1.42 bits per heavy atom. The molecule has 1 amide bonds. The van der Waals surface area contributed by atoms with E-state index >= 15 is 0 Å². The van der Waals surface area contributed by atoms with Crippen LogP contribution in [0.15, 0.2) is 18.2 Å². The summed E-state index contributed by atoms with van der Waals surface area (Å²) in [5, 5.41) is 12.5. The monoisotopic (exact) mass is 264 g/mol. The lowest BCUT2D eigenvalue weighted by Crippen LogP contribution is -2.31. The maximum atomic E-state index is 12.0. The Bertz CT molecular complexity index is 430. The lowest BCUT2D eigenvalue weighted by Gasteiger charge is -2.20. The standard InChI is InChI=1S/C15H24N2O2/c1-11(2)17(4)10-6-9-16-15(19)13-7-5-8-14(18)12(13)3/h5,7-8,11,18H,6,9-10H2,1-4H3,(H,16,19). The number of nitrogens with one attached hydrogen (secondary N) is 1. The van der Waals surface area contributed by atoms with E-state index < -0.39 is 0 Å². The molecule has 19 heavy (non-hydrogen) atoms. The van der Waals surface area contributed by atoms with Crippen LogP contribution >= 0.6 is 0 Å². The normalized spacial score (nSPS) is 11.1. The number of phenolic OH excluding ortho intramolecular Hbond substituents is 1. The van der Waals surface area contributed by atoms with Gasteiger partial charge in [0.15, 0.2) is 0 Å². The summed E-state index contributed by atoms with van der Waals surface area (Å²) in [7, 11) is 2.08. The summed E-state index contributed by atoms with van der Waals surface area (Å²) in [5.41, 5.74) is 1.16. The Labute approximate surface area is 115 Å². The maximum absolute atomic E-state index is 12.0. The second kappa shape index (κ2) is 7.14. The first-order valence-corrected chi connectivity index (χ1v) is 6.70. The smallest absolute Gasteiger partial charge is 0.251 e. The Hall–Kier alpha value is -1.55. The van der Waals surface area contributed by atoms with Crippen LogP contribution in [0, 0.1) is 6.92 Å². The van der Waals surface area contributed by atoms with Crippen molar-refractivity contribution in [2.75, 3.05) is 20.1 Å². The van der Waals surface area contributed by atoms with E-state index in [1.165, 1.54) is 0 Å². The fourth-order valence-corrected chi connectivity index (χ4v) is 1.75. The van der Waals surface area contributed by atoms with Crippen LogP contribution < -0.4 is 5.32 Å². The molecule has 4 nitrogen and oxygen atoms in total. The van der Waals surface area contributed by atoms with Crippen molar-refractivity contribution >= 4 is 5.91 Å². The number of rotatable bonds is 6. The fourth-order valence-electron chi connectivity index (χ4n) is 1.75. The van der Waals surface area contributed by atoms with Crippen LogP contribution in [0.1, 0.15) is 36.2 Å². The van der Waals surface area contributed by atoms with Crippen LogP contribution in [0.25, 0.3) is 0 Å². The highest BCUT2D eigenvalue weighted by atomic mass is 16.3. The second-order valence-electron chi connectivity index (χ2n) is 5.13. The number of carbonyl (C=O) groups excluding carboxylic acids is 1. The van der Waals surface area contributed by atoms with Gasteiger partial charge in [-0.15, -0.1) is 0 Å². The molecule has 0 aliphatic heterocycles. The second-order valence-corrected chi connectivity index (χ2v) is 5.13. The van der Waals surface area contributed by atoms with Gasteiger partial charge in [0, 0.05) is 23.7 Å². The average molecular weight is 264 g/mol. The predicted octanol–water partition coefficient (Wildman–Crippen LogP) is 2.16. The highest BCUT2D eigenvalue weighted by Gasteiger charge is 2.10. The summed E-state index contributed by atoms with van der Waals surface area (Å²) in [4.78, 5) is 14.2. The predicted molar refractivity (Wildman–Crippen MR) is 77.6 cm³/mol. The first kappa shape index (κ1) is 15.5. The molecule has 0 radical (unpaired) electrons. The molecular formula is C15H24N2O2. The van der Waals surface area contributed by atoms with Crippen molar-refractivity contribution < 1.29 is 9.90 Å². The topological polar surface area (TPSA) is 52.6 Å². The van der Waals surface area contributed by atoms with Crippen molar-refractivity contribution in [3.05, 3.63) is 29.3 Å². The molecule has 0 saturated carbocycles. The quantitative estimate of drug-likeness (QED) is 0.774. The molecule has 0 aliphatic rings. The number of hydrogen-bond donors (Lipinski definition) is 2. The summed E-state index contributed by atoms with van der Waals surface area (Å²) in [6.45, 7) is 7.64. The molecule has 0 atom stereocenters. The van der Waals surface area contributed by atoms with Gasteiger partial charge in [0.05, 0.1) is 0 Å². The van der Waals surface area contributed by atoms with Gasteiger partial charge in [-0.05, 0) is 52.9 Å². The van der Waals surface area contributed by atoms with Gasteiger partial charge in [-0.25, -0.2) is 0 Å². The third kappa shape index (κ3) is 4.56. The zero-order valence-electron chi connectivity index (χ0n) is 12.2. The fraction of sp³-hybridized carbons (Fsp3) is 0.533. The molecule has 1 aromatic rings. The van der Waals surface area contributed by atoms with Gasteiger partial charge in [0.2, 0.25) is 0 Å². The van der Waals surface area contributed by atoms with E-state index in [0.29, 0.717) is 23.7 Å². The Kier molecular flexibility index (Phi) is 5.83. The van der Waals surface area contributed by atoms with Crippen molar-refractivity contribution in [3.8, 4) is 5.75 Å². The van der Waals surface area contributed by atoms with E-state index in [4.69, 9.17) is 0 Å². The molecule has 1 aromatic carbocycles. The third-order valence-electron chi connectivity index (χ3n) is 3.40. The molecule has 0 bridgehead atoms. The van der Waals surface area contributed by atoms with Crippen molar-refractivity contribution in [2.45, 2.75) is 33.2 Å².